The number of anilines is 1. The minimum Gasteiger partial charge on any atom is -0.393 e. The lowest BCUT2D eigenvalue weighted by Crippen LogP contribution is -2.34. The Morgan fingerprint density at radius 3 is 2.80 bits per heavy atom. The normalized spacial score (nSPS) is 22.0. The molecule has 0 saturated carbocycles. The van der Waals surface area contributed by atoms with E-state index >= 15 is 0 Å². The van der Waals surface area contributed by atoms with Gasteiger partial charge in [-0.3, -0.25) is 14.9 Å². The van der Waals surface area contributed by atoms with Crippen LogP contribution in [0.2, 0.25) is 0 Å². The summed E-state index contributed by atoms with van der Waals surface area (Å²) in [6, 6.07) is 4.24. The molecular weight excluding hydrogens is 260 g/mol. The van der Waals surface area contributed by atoms with E-state index in [1.165, 1.54) is 18.2 Å². The first-order valence-corrected chi connectivity index (χ1v) is 6.49. The van der Waals surface area contributed by atoms with Crippen LogP contribution in [-0.2, 0) is 0 Å². The fourth-order valence-corrected chi connectivity index (χ4v) is 2.60. The third-order valence-electron chi connectivity index (χ3n) is 3.73. The fraction of sp³-hybridized carbons (Fsp3) is 0.462. The van der Waals surface area contributed by atoms with Crippen LogP contribution in [0.1, 0.15) is 23.7 Å². The number of nitrogens with two attached hydrogens (primary N) is 2. The van der Waals surface area contributed by atoms with E-state index in [0.717, 1.165) is 6.42 Å². The Bertz CT molecular complexity index is 546. The van der Waals surface area contributed by atoms with Gasteiger partial charge in [-0.25, -0.2) is 0 Å². The van der Waals surface area contributed by atoms with Gasteiger partial charge in [0.15, 0.2) is 0 Å². The summed E-state index contributed by atoms with van der Waals surface area (Å²) in [6.07, 6.45) is 0.860. The van der Waals surface area contributed by atoms with E-state index in [0.29, 0.717) is 13.1 Å². The molecule has 0 aromatic heterocycles. The molecule has 1 saturated heterocycles. The van der Waals surface area contributed by atoms with Crippen molar-refractivity contribution < 1.29 is 9.72 Å². The standard InChI is InChI=1S/C13H18N4O3/c1-8-4-9(6-14)7-16(8)13(18)10-2-3-11(15)12(5-10)17(19)20/h2-3,5,8-9H,4,6-7,14-15H2,1H3. The second-order valence-electron chi connectivity index (χ2n) is 5.17. The summed E-state index contributed by atoms with van der Waals surface area (Å²) in [5, 5.41) is 10.9. The second-order valence-corrected chi connectivity index (χ2v) is 5.17. The van der Waals surface area contributed by atoms with Crippen LogP contribution in [0.5, 0.6) is 0 Å². The topological polar surface area (TPSA) is 115 Å². The van der Waals surface area contributed by atoms with Crippen molar-refractivity contribution in [2.45, 2.75) is 19.4 Å². The highest BCUT2D eigenvalue weighted by molar-refractivity contribution is 5.96. The predicted molar refractivity (Wildman–Crippen MR) is 75.2 cm³/mol. The summed E-state index contributed by atoms with van der Waals surface area (Å²) >= 11 is 0. The summed E-state index contributed by atoms with van der Waals surface area (Å²) in [4.78, 5) is 24.4. The summed E-state index contributed by atoms with van der Waals surface area (Å²) in [6.45, 7) is 3.09. The number of hydrogen-bond donors (Lipinski definition) is 2. The molecule has 1 fully saturated rings. The van der Waals surface area contributed by atoms with Gasteiger partial charge in [0.05, 0.1) is 4.92 Å². The molecule has 1 amide bonds. The molecule has 1 aromatic carbocycles. The molecule has 1 aromatic rings. The van der Waals surface area contributed by atoms with E-state index in [2.05, 4.69) is 0 Å². The zero-order valence-electron chi connectivity index (χ0n) is 11.3. The molecule has 0 aliphatic carbocycles. The lowest BCUT2D eigenvalue weighted by atomic mass is 10.1. The average molecular weight is 278 g/mol. The number of amides is 1. The maximum atomic E-state index is 12.4. The Hall–Kier alpha value is -2.15. The van der Waals surface area contributed by atoms with Gasteiger partial charge in [-0.2, -0.15) is 0 Å². The highest BCUT2D eigenvalue weighted by Crippen LogP contribution is 2.27. The first kappa shape index (κ1) is 14.3. The van der Waals surface area contributed by atoms with Crippen LogP contribution in [0.4, 0.5) is 11.4 Å². The van der Waals surface area contributed by atoms with Gasteiger partial charge >= 0.3 is 0 Å². The van der Waals surface area contributed by atoms with Crippen molar-refractivity contribution in [3.63, 3.8) is 0 Å². The summed E-state index contributed by atoms with van der Waals surface area (Å²) in [5.41, 5.74) is 11.3. The molecule has 20 heavy (non-hydrogen) atoms. The van der Waals surface area contributed by atoms with Crippen molar-refractivity contribution in [1.82, 2.24) is 4.90 Å². The van der Waals surface area contributed by atoms with Gasteiger partial charge in [-0.1, -0.05) is 0 Å². The van der Waals surface area contributed by atoms with E-state index in [1.54, 1.807) is 4.90 Å². The number of benzene rings is 1. The maximum absolute atomic E-state index is 12.4. The highest BCUT2D eigenvalue weighted by Gasteiger charge is 2.32. The van der Waals surface area contributed by atoms with Gasteiger partial charge in [-0.05, 0) is 37.9 Å². The zero-order valence-corrected chi connectivity index (χ0v) is 11.3. The number of rotatable bonds is 3. The zero-order chi connectivity index (χ0) is 14.9. The van der Waals surface area contributed by atoms with Crippen molar-refractivity contribution in [2.24, 2.45) is 11.7 Å². The lowest BCUT2D eigenvalue weighted by Gasteiger charge is -2.21. The first-order valence-electron chi connectivity index (χ1n) is 6.49. The predicted octanol–water partition coefficient (Wildman–Crippen LogP) is 0.986. The Morgan fingerprint density at radius 2 is 2.25 bits per heavy atom. The lowest BCUT2D eigenvalue weighted by molar-refractivity contribution is -0.383. The second kappa shape index (κ2) is 5.46. The van der Waals surface area contributed by atoms with E-state index in [-0.39, 0.29) is 34.8 Å². The van der Waals surface area contributed by atoms with Crippen LogP contribution in [-0.4, -0.2) is 34.9 Å². The molecule has 7 nitrogen and oxygen atoms in total. The van der Waals surface area contributed by atoms with Crippen molar-refractivity contribution >= 4 is 17.3 Å². The molecule has 7 heteroatoms. The van der Waals surface area contributed by atoms with Gasteiger partial charge in [0.2, 0.25) is 0 Å². The van der Waals surface area contributed by atoms with Gasteiger partial charge in [-0.15, -0.1) is 0 Å². The molecule has 2 rings (SSSR count). The molecule has 0 bridgehead atoms. The number of nitro groups is 1. The summed E-state index contributed by atoms with van der Waals surface area (Å²) in [7, 11) is 0. The summed E-state index contributed by atoms with van der Waals surface area (Å²) in [5.74, 6) is 0.0780. The number of likely N-dealkylation sites (tertiary alicyclic amines) is 1. The number of nitrogens with zero attached hydrogens (tertiary/aromatic N) is 2. The number of nitro benzene ring substituents is 1. The van der Waals surface area contributed by atoms with Gasteiger partial charge in [0, 0.05) is 24.2 Å². The number of hydrogen-bond acceptors (Lipinski definition) is 5. The minimum atomic E-state index is -0.581. The van der Waals surface area contributed by atoms with Crippen molar-refractivity contribution in [3.8, 4) is 0 Å². The molecule has 108 valence electrons. The third kappa shape index (κ3) is 2.57. The van der Waals surface area contributed by atoms with Crippen LogP contribution in [0.15, 0.2) is 18.2 Å². The van der Waals surface area contributed by atoms with Crippen molar-refractivity contribution in [2.75, 3.05) is 18.8 Å². The maximum Gasteiger partial charge on any atom is 0.292 e. The van der Waals surface area contributed by atoms with E-state index in [9.17, 15) is 14.9 Å². The van der Waals surface area contributed by atoms with E-state index in [1.807, 2.05) is 6.92 Å². The van der Waals surface area contributed by atoms with E-state index in [4.69, 9.17) is 11.5 Å². The van der Waals surface area contributed by atoms with Gasteiger partial charge in [0.1, 0.15) is 5.69 Å². The molecule has 0 spiro atoms. The van der Waals surface area contributed by atoms with Crippen LogP contribution in [0.25, 0.3) is 0 Å². The molecule has 1 aliphatic rings. The Balaban J connectivity index is 2.26. The van der Waals surface area contributed by atoms with Gasteiger partial charge in [0.25, 0.3) is 11.6 Å². The summed E-state index contributed by atoms with van der Waals surface area (Å²) < 4.78 is 0. The van der Waals surface area contributed by atoms with Crippen LogP contribution >= 0.6 is 0 Å². The molecule has 1 aliphatic heterocycles. The van der Waals surface area contributed by atoms with Gasteiger partial charge < -0.3 is 16.4 Å². The first-order chi connectivity index (χ1) is 9.43. The van der Waals surface area contributed by atoms with Crippen LogP contribution in [0, 0.1) is 16.0 Å². The van der Waals surface area contributed by atoms with E-state index < -0.39 is 4.92 Å². The Kier molecular flexibility index (Phi) is 3.89. The molecule has 0 radical (unpaired) electrons. The molecule has 1 heterocycles. The Labute approximate surface area is 116 Å². The SMILES string of the molecule is CC1CC(CN)CN1C(=O)c1ccc(N)c([N+](=O)[O-])c1. The molecule has 4 N–H and O–H groups in total. The van der Waals surface area contributed by atoms with Crippen molar-refractivity contribution in [3.05, 3.63) is 33.9 Å². The van der Waals surface area contributed by atoms with Crippen LogP contribution < -0.4 is 11.5 Å². The van der Waals surface area contributed by atoms with Crippen molar-refractivity contribution in [1.29, 1.82) is 0 Å². The monoisotopic (exact) mass is 278 g/mol. The molecule has 2 atom stereocenters. The molecular formula is C13H18N4O3. The fourth-order valence-electron chi connectivity index (χ4n) is 2.60. The largest absolute Gasteiger partial charge is 0.393 e. The quantitative estimate of drug-likeness (QED) is 0.486. The minimum absolute atomic E-state index is 0.0563. The highest BCUT2D eigenvalue weighted by atomic mass is 16.6. The average Bonchev–Trinajstić information content (AvgIpc) is 2.79. The number of nitrogen functional groups attached to an aromatic ring is 1. The smallest absolute Gasteiger partial charge is 0.292 e. The molecule has 2 unspecified atom stereocenters. The Morgan fingerprint density at radius 1 is 1.55 bits per heavy atom. The number of carbonyl (C=O) groups is 1. The van der Waals surface area contributed by atoms with Crippen LogP contribution in [0.3, 0.4) is 0 Å². The third-order valence-corrected chi connectivity index (χ3v) is 3.73. The number of carbonyl (C=O) groups excluding carboxylic acids is 1.